The number of carbonyl (C=O) groups is 2. The van der Waals surface area contributed by atoms with Gasteiger partial charge in [-0.1, -0.05) is 35.9 Å². The Hall–Kier alpha value is -2.32. The number of aryl methyl sites for hydroxylation is 1. The third kappa shape index (κ3) is 6.84. The van der Waals surface area contributed by atoms with Crippen LogP contribution in [0.15, 0.2) is 53.6 Å². The summed E-state index contributed by atoms with van der Waals surface area (Å²) >= 11 is 10.7. The van der Waals surface area contributed by atoms with E-state index in [1.807, 2.05) is 49.9 Å². The number of benzene rings is 2. The fourth-order valence-corrected chi connectivity index (χ4v) is 4.16. The smallest absolute Gasteiger partial charge is 0.224 e. The minimum Gasteiger partial charge on any atom is -0.382 e. The Morgan fingerprint density at radius 1 is 1.27 bits per heavy atom. The molecule has 0 saturated heterocycles. The summed E-state index contributed by atoms with van der Waals surface area (Å²) in [7, 11) is 3.83. The van der Waals surface area contributed by atoms with E-state index >= 15 is 0 Å². The molecule has 0 bridgehead atoms. The highest BCUT2D eigenvalue weighted by molar-refractivity contribution is 7.80. The molecular weight excluding hydrogens is 458 g/mol. The average Bonchev–Trinajstić information content (AvgIpc) is 3.05. The molecule has 8 heteroatoms. The molecule has 6 nitrogen and oxygen atoms in total. The van der Waals surface area contributed by atoms with Crippen LogP contribution in [-0.4, -0.2) is 43.6 Å². The minimum atomic E-state index is -0.797. The van der Waals surface area contributed by atoms with Crippen molar-refractivity contribution in [3.63, 3.8) is 0 Å². The third-order valence-electron chi connectivity index (χ3n) is 5.16. The van der Waals surface area contributed by atoms with Gasteiger partial charge in [0.1, 0.15) is 12.3 Å². The van der Waals surface area contributed by atoms with Crippen molar-refractivity contribution in [1.82, 2.24) is 9.88 Å². The van der Waals surface area contributed by atoms with E-state index in [-0.39, 0.29) is 5.91 Å². The predicted molar refractivity (Wildman–Crippen MR) is 139 cm³/mol. The van der Waals surface area contributed by atoms with Crippen LogP contribution in [0.25, 0.3) is 10.9 Å². The van der Waals surface area contributed by atoms with Gasteiger partial charge in [-0.3, -0.25) is 9.69 Å². The van der Waals surface area contributed by atoms with Crippen LogP contribution in [-0.2, 0) is 21.4 Å². The number of fused-ring (bicyclic) bond motifs is 1. The van der Waals surface area contributed by atoms with Crippen LogP contribution in [0.2, 0.25) is 5.02 Å². The second-order valence-electron chi connectivity index (χ2n) is 7.42. The second kappa shape index (κ2) is 13.4. The number of nitrogens with zero attached hydrogens (tertiary/aromatic N) is 2. The second-order valence-corrected chi connectivity index (χ2v) is 8.28. The maximum atomic E-state index is 12.4. The highest BCUT2D eigenvalue weighted by Gasteiger charge is 2.29. The van der Waals surface area contributed by atoms with Crippen LogP contribution in [0.5, 0.6) is 0 Å². The van der Waals surface area contributed by atoms with E-state index in [2.05, 4.69) is 17.9 Å². The van der Waals surface area contributed by atoms with Gasteiger partial charge in [0, 0.05) is 54.4 Å². The van der Waals surface area contributed by atoms with E-state index in [4.69, 9.17) is 16.3 Å². The molecule has 1 heterocycles. The Labute approximate surface area is 206 Å². The van der Waals surface area contributed by atoms with Gasteiger partial charge in [-0.25, -0.2) is 0 Å². The first-order valence-electron chi connectivity index (χ1n) is 10.9. The number of thiol groups is 1. The maximum Gasteiger partial charge on any atom is 0.224 e. The number of para-hydroxylation sites is 1. The van der Waals surface area contributed by atoms with Crippen molar-refractivity contribution in [2.75, 3.05) is 31.7 Å². The summed E-state index contributed by atoms with van der Waals surface area (Å²) in [6.45, 7) is 6.22. The summed E-state index contributed by atoms with van der Waals surface area (Å²) < 4.78 is 7.00. The van der Waals surface area contributed by atoms with Crippen molar-refractivity contribution in [2.45, 2.75) is 31.3 Å². The molecule has 1 aromatic heterocycles. The Bertz CT molecular complexity index is 1060. The van der Waals surface area contributed by atoms with Gasteiger partial charge in [0.25, 0.3) is 0 Å². The van der Waals surface area contributed by atoms with Gasteiger partial charge in [-0.15, -0.1) is 12.6 Å². The van der Waals surface area contributed by atoms with Crippen LogP contribution in [0.1, 0.15) is 31.9 Å². The van der Waals surface area contributed by atoms with Gasteiger partial charge in [0.2, 0.25) is 5.91 Å². The van der Waals surface area contributed by atoms with Crippen LogP contribution in [0.4, 0.5) is 5.69 Å². The zero-order chi connectivity index (χ0) is 24.4. The Morgan fingerprint density at radius 3 is 2.61 bits per heavy atom. The highest BCUT2D eigenvalue weighted by atomic mass is 35.5. The number of anilines is 1. The summed E-state index contributed by atoms with van der Waals surface area (Å²) in [4.78, 5) is 25.9. The molecule has 1 amide bonds. The lowest BCUT2D eigenvalue weighted by Gasteiger charge is -2.28. The van der Waals surface area contributed by atoms with Crippen molar-refractivity contribution in [3.05, 3.63) is 59.1 Å². The summed E-state index contributed by atoms with van der Waals surface area (Å²) in [6, 6.07) is 13.8. The number of aromatic nitrogens is 1. The van der Waals surface area contributed by atoms with Gasteiger partial charge < -0.3 is 19.4 Å². The number of ether oxygens (including phenoxy) is 1. The molecular formula is C25H32ClN3O3S. The molecule has 1 N–H and O–H groups in total. The fraction of sp³-hybridized carbons (Fsp3) is 0.360. The molecule has 1 atom stereocenters. The molecule has 3 rings (SSSR count). The molecule has 0 fully saturated rings. The van der Waals surface area contributed by atoms with E-state index < -0.39 is 6.04 Å². The number of rotatable bonds is 9. The van der Waals surface area contributed by atoms with Gasteiger partial charge in [-0.2, -0.15) is 0 Å². The molecule has 0 aliphatic carbocycles. The van der Waals surface area contributed by atoms with Gasteiger partial charge in [0.15, 0.2) is 0 Å². The Morgan fingerprint density at radius 2 is 2.00 bits per heavy atom. The molecule has 1 unspecified atom stereocenters. The predicted octanol–water partition coefficient (Wildman–Crippen LogP) is 5.05. The monoisotopic (exact) mass is 489 g/mol. The van der Waals surface area contributed by atoms with Crippen LogP contribution < -0.4 is 10.2 Å². The lowest BCUT2D eigenvalue weighted by molar-refractivity contribution is -0.119. The molecule has 2 aromatic carbocycles. The largest absolute Gasteiger partial charge is 0.382 e. The van der Waals surface area contributed by atoms with Crippen LogP contribution in [0.3, 0.4) is 0 Å². The molecule has 0 radical (unpaired) electrons. The maximum absolute atomic E-state index is 12.4. The van der Waals surface area contributed by atoms with Crippen LogP contribution in [0, 0.1) is 0 Å². The number of carbonyl (C=O) groups excluding carboxylic acids is 2. The summed E-state index contributed by atoms with van der Waals surface area (Å²) in [5, 5.41) is 5.08. The van der Waals surface area contributed by atoms with E-state index in [1.54, 1.807) is 24.3 Å². The number of nitrogens with one attached hydrogen (secondary N) is 1. The topological polar surface area (TPSA) is 63.6 Å². The highest BCUT2D eigenvalue weighted by Crippen LogP contribution is 2.37. The summed E-state index contributed by atoms with van der Waals surface area (Å²) in [5.41, 5.74) is 2.22. The normalized spacial score (nSPS) is 11.6. The van der Waals surface area contributed by atoms with E-state index in [1.165, 1.54) is 11.8 Å². The molecule has 0 spiro atoms. The number of aldehydes is 1. The Kier molecular flexibility index (Phi) is 10.9. The first-order valence-corrected chi connectivity index (χ1v) is 11.7. The van der Waals surface area contributed by atoms with E-state index in [0.717, 1.165) is 43.4 Å². The van der Waals surface area contributed by atoms with Crippen molar-refractivity contribution in [2.24, 2.45) is 7.05 Å². The van der Waals surface area contributed by atoms with Crippen molar-refractivity contribution in [1.29, 1.82) is 0 Å². The first kappa shape index (κ1) is 26.9. The van der Waals surface area contributed by atoms with E-state index in [0.29, 0.717) is 21.3 Å². The minimum absolute atomic E-state index is 0.250. The van der Waals surface area contributed by atoms with Gasteiger partial charge in [0.05, 0.1) is 5.03 Å². The quantitative estimate of drug-likeness (QED) is 0.251. The number of amides is 1. The lowest BCUT2D eigenvalue weighted by atomic mass is 10.0. The van der Waals surface area contributed by atoms with Gasteiger partial charge in [-0.05, 0) is 51.2 Å². The SMILES string of the molecule is CC(=O)N(c1cccc(Cl)c1)C(C=O)c1c(S)n(C)c2ccccc12.CCOCCCNC. The Balaban J connectivity index is 0.000000414. The number of hydrogen-bond acceptors (Lipinski definition) is 5. The van der Waals surface area contributed by atoms with E-state index in [9.17, 15) is 9.59 Å². The molecule has 0 aliphatic heterocycles. The standard InChI is InChI=1S/C19H17ClN2O2S.C6H15NO/c1-12(24)22(14-7-5-6-13(20)10-14)17(11-23)18-15-8-3-4-9-16(15)21(2)19(18)25;1-3-8-6-4-5-7-2/h3-11,17,25H,1-2H3;7H,3-6H2,1-2H3. The molecule has 178 valence electrons. The van der Waals surface area contributed by atoms with Crippen LogP contribution >= 0.6 is 24.2 Å². The van der Waals surface area contributed by atoms with Crippen molar-refractivity contribution in [3.8, 4) is 0 Å². The third-order valence-corrected chi connectivity index (χ3v) is 5.94. The summed E-state index contributed by atoms with van der Waals surface area (Å²) in [6.07, 6.45) is 1.88. The molecule has 0 aliphatic rings. The van der Waals surface area contributed by atoms with Gasteiger partial charge >= 0.3 is 0 Å². The van der Waals surface area contributed by atoms with Crippen molar-refractivity contribution < 1.29 is 14.3 Å². The molecule has 0 saturated carbocycles. The zero-order valence-corrected chi connectivity index (χ0v) is 21.2. The molecule has 33 heavy (non-hydrogen) atoms. The average molecular weight is 490 g/mol. The van der Waals surface area contributed by atoms with Crippen molar-refractivity contribution >= 4 is 53.0 Å². The first-order chi connectivity index (χ1) is 15.9. The summed E-state index contributed by atoms with van der Waals surface area (Å²) in [5.74, 6) is -0.250. The number of hydrogen-bond donors (Lipinski definition) is 2. The fourth-order valence-electron chi connectivity index (χ4n) is 3.62. The zero-order valence-electron chi connectivity index (χ0n) is 19.5. The molecule has 3 aromatic rings. The number of halogens is 1. The lowest BCUT2D eigenvalue weighted by Crippen LogP contribution is -2.34.